The standard InChI is InChI=1S/C17H25ClN2/c1-3-5-8-13(4-2)11-19-12-16-17(18)14-9-6-7-10-15(14)20-16/h6-7,9-10,13,19-20H,3-5,8,11-12H2,1-2H3. The number of benzene rings is 1. The Balaban J connectivity index is 1.90. The van der Waals surface area contributed by atoms with E-state index < -0.39 is 0 Å². The van der Waals surface area contributed by atoms with Gasteiger partial charge in [-0.15, -0.1) is 0 Å². The molecule has 2 N–H and O–H groups in total. The van der Waals surface area contributed by atoms with E-state index in [2.05, 4.69) is 36.3 Å². The summed E-state index contributed by atoms with van der Waals surface area (Å²) in [5.41, 5.74) is 2.21. The van der Waals surface area contributed by atoms with Crippen LogP contribution in [0.1, 0.15) is 45.2 Å². The van der Waals surface area contributed by atoms with Gasteiger partial charge < -0.3 is 10.3 Å². The number of para-hydroxylation sites is 1. The number of rotatable bonds is 8. The molecule has 0 aliphatic heterocycles. The maximum absolute atomic E-state index is 6.42. The molecule has 0 radical (unpaired) electrons. The maximum Gasteiger partial charge on any atom is 0.0705 e. The minimum atomic E-state index is 0.776. The predicted octanol–water partition coefficient (Wildman–Crippen LogP) is 5.13. The zero-order valence-corrected chi connectivity index (χ0v) is 13.3. The first-order chi connectivity index (χ1) is 9.76. The van der Waals surface area contributed by atoms with Gasteiger partial charge in [-0.25, -0.2) is 0 Å². The van der Waals surface area contributed by atoms with Gasteiger partial charge in [0.15, 0.2) is 0 Å². The van der Waals surface area contributed by atoms with Gasteiger partial charge in [-0.3, -0.25) is 0 Å². The molecule has 0 spiro atoms. The Morgan fingerprint density at radius 1 is 1.25 bits per heavy atom. The molecule has 2 rings (SSSR count). The number of aromatic nitrogens is 1. The van der Waals surface area contributed by atoms with Crippen molar-refractivity contribution in [3.8, 4) is 0 Å². The largest absolute Gasteiger partial charge is 0.356 e. The molecule has 1 unspecified atom stereocenters. The maximum atomic E-state index is 6.42. The Morgan fingerprint density at radius 3 is 2.75 bits per heavy atom. The molecule has 0 aliphatic rings. The molecule has 1 heterocycles. The van der Waals surface area contributed by atoms with Crippen molar-refractivity contribution >= 4 is 22.5 Å². The first-order valence-corrected chi connectivity index (χ1v) is 8.09. The molecule has 0 fully saturated rings. The molecule has 0 saturated carbocycles. The van der Waals surface area contributed by atoms with Crippen LogP contribution in [0, 0.1) is 5.92 Å². The highest BCUT2D eigenvalue weighted by atomic mass is 35.5. The smallest absolute Gasteiger partial charge is 0.0705 e. The summed E-state index contributed by atoms with van der Waals surface area (Å²) in [5, 5.41) is 5.52. The number of halogens is 1. The van der Waals surface area contributed by atoms with Gasteiger partial charge in [0, 0.05) is 23.1 Å². The van der Waals surface area contributed by atoms with Gasteiger partial charge in [0.05, 0.1) is 5.02 Å². The van der Waals surface area contributed by atoms with Crippen LogP contribution in [-0.4, -0.2) is 11.5 Å². The highest BCUT2D eigenvalue weighted by Gasteiger charge is 2.10. The number of aromatic amines is 1. The third kappa shape index (κ3) is 3.77. The Kier molecular flexibility index (Phi) is 5.93. The van der Waals surface area contributed by atoms with Crippen molar-refractivity contribution in [3.63, 3.8) is 0 Å². The topological polar surface area (TPSA) is 27.8 Å². The van der Waals surface area contributed by atoms with E-state index in [0.29, 0.717) is 0 Å². The van der Waals surface area contributed by atoms with Crippen LogP contribution in [0.5, 0.6) is 0 Å². The number of hydrogen-bond donors (Lipinski definition) is 2. The Bertz CT molecular complexity index is 533. The number of unbranched alkanes of at least 4 members (excludes halogenated alkanes) is 1. The SMILES string of the molecule is CCCCC(CC)CNCc1[nH]c2ccccc2c1Cl. The quantitative estimate of drug-likeness (QED) is 0.694. The molecule has 3 heteroatoms. The summed E-state index contributed by atoms with van der Waals surface area (Å²) in [6.45, 7) is 6.42. The van der Waals surface area contributed by atoms with E-state index in [4.69, 9.17) is 11.6 Å². The minimum absolute atomic E-state index is 0.776. The molecule has 1 aromatic heterocycles. The van der Waals surface area contributed by atoms with Crippen molar-refractivity contribution in [2.45, 2.75) is 46.1 Å². The molecule has 1 atom stereocenters. The van der Waals surface area contributed by atoms with Gasteiger partial charge in [0.2, 0.25) is 0 Å². The molecule has 2 aromatic rings. The Labute approximate surface area is 126 Å². The van der Waals surface area contributed by atoms with E-state index in [1.807, 2.05) is 12.1 Å². The lowest BCUT2D eigenvalue weighted by molar-refractivity contribution is 0.418. The van der Waals surface area contributed by atoms with Crippen LogP contribution in [0.3, 0.4) is 0 Å². The van der Waals surface area contributed by atoms with Crippen molar-refractivity contribution in [3.05, 3.63) is 35.0 Å². The Morgan fingerprint density at radius 2 is 2.05 bits per heavy atom. The van der Waals surface area contributed by atoms with Crippen LogP contribution < -0.4 is 5.32 Å². The monoisotopic (exact) mass is 292 g/mol. The van der Waals surface area contributed by atoms with E-state index >= 15 is 0 Å². The Hall–Kier alpha value is -0.990. The summed E-state index contributed by atoms with van der Waals surface area (Å²) >= 11 is 6.42. The normalized spacial score (nSPS) is 12.9. The van der Waals surface area contributed by atoms with E-state index in [1.54, 1.807) is 0 Å². The van der Waals surface area contributed by atoms with E-state index in [0.717, 1.165) is 40.6 Å². The molecule has 0 saturated heterocycles. The summed E-state index contributed by atoms with van der Waals surface area (Å²) in [5.74, 6) is 0.776. The van der Waals surface area contributed by atoms with Crippen LogP contribution >= 0.6 is 11.6 Å². The van der Waals surface area contributed by atoms with Crippen molar-refractivity contribution in [2.75, 3.05) is 6.54 Å². The van der Waals surface area contributed by atoms with Crippen LogP contribution in [0.25, 0.3) is 10.9 Å². The fraction of sp³-hybridized carbons (Fsp3) is 0.529. The molecular formula is C17H25ClN2. The van der Waals surface area contributed by atoms with Crippen LogP contribution in [0.15, 0.2) is 24.3 Å². The number of fused-ring (bicyclic) bond motifs is 1. The van der Waals surface area contributed by atoms with E-state index in [-0.39, 0.29) is 0 Å². The molecule has 110 valence electrons. The summed E-state index contributed by atoms with van der Waals surface area (Å²) in [7, 11) is 0. The third-order valence-corrected chi connectivity index (χ3v) is 4.42. The second-order valence-corrected chi connectivity index (χ2v) is 5.89. The predicted molar refractivity (Wildman–Crippen MR) is 88.3 cm³/mol. The molecule has 1 aromatic carbocycles. The third-order valence-electron chi connectivity index (χ3n) is 3.99. The van der Waals surface area contributed by atoms with E-state index in [9.17, 15) is 0 Å². The number of hydrogen-bond acceptors (Lipinski definition) is 1. The first kappa shape index (κ1) is 15.4. The molecular weight excluding hydrogens is 268 g/mol. The minimum Gasteiger partial charge on any atom is -0.356 e. The van der Waals surface area contributed by atoms with Gasteiger partial charge in [-0.1, -0.05) is 62.9 Å². The summed E-state index contributed by atoms with van der Waals surface area (Å²) in [6, 6.07) is 8.19. The zero-order chi connectivity index (χ0) is 14.4. The lowest BCUT2D eigenvalue weighted by Gasteiger charge is -2.15. The van der Waals surface area contributed by atoms with Crippen molar-refractivity contribution in [1.82, 2.24) is 10.3 Å². The van der Waals surface area contributed by atoms with Crippen LogP contribution in [0.2, 0.25) is 5.02 Å². The van der Waals surface area contributed by atoms with Gasteiger partial charge in [-0.05, 0) is 24.9 Å². The fourth-order valence-electron chi connectivity index (χ4n) is 2.63. The molecule has 20 heavy (non-hydrogen) atoms. The van der Waals surface area contributed by atoms with Gasteiger partial charge >= 0.3 is 0 Å². The van der Waals surface area contributed by atoms with Crippen molar-refractivity contribution < 1.29 is 0 Å². The second kappa shape index (κ2) is 7.70. The average Bonchev–Trinajstić information content (AvgIpc) is 2.80. The lowest BCUT2D eigenvalue weighted by Crippen LogP contribution is -2.22. The van der Waals surface area contributed by atoms with Gasteiger partial charge in [0.25, 0.3) is 0 Å². The molecule has 0 bridgehead atoms. The van der Waals surface area contributed by atoms with E-state index in [1.165, 1.54) is 25.7 Å². The molecule has 2 nitrogen and oxygen atoms in total. The summed E-state index contributed by atoms with van der Waals surface area (Å²) < 4.78 is 0. The number of nitrogens with one attached hydrogen (secondary N) is 2. The van der Waals surface area contributed by atoms with Crippen molar-refractivity contribution in [2.24, 2.45) is 5.92 Å². The summed E-state index contributed by atoms with van der Waals surface area (Å²) in [4.78, 5) is 3.40. The zero-order valence-electron chi connectivity index (χ0n) is 12.5. The highest BCUT2D eigenvalue weighted by molar-refractivity contribution is 6.36. The summed E-state index contributed by atoms with van der Waals surface area (Å²) in [6.07, 6.45) is 5.17. The number of H-pyrrole nitrogens is 1. The van der Waals surface area contributed by atoms with Crippen molar-refractivity contribution in [1.29, 1.82) is 0 Å². The molecule has 0 amide bonds. The van der Waals surface area contributed by atoms with Crippen LogP contribution in [0.4, 0.5) is 0 Å². The molecule has 0 aliphatic carbocycles. The van der Waals surface area contributed by atoms with Gasteiger partial charge in [-0.2, -0.15) is 0 Å². The van der Waals surface area contributed by atoms with Gasteiger partial charge in [0.1, 0.15) is 0 Å². The average molecular weight is 293 g/mol. The highest BCUT2D eigenvalue weighted by Crippen LogP contribution is 2.27. The van der Waals surface area contributed by atoms with Crippen LogP contribution in [-0.2, 0) is 6.54 Å². The fourth-order valence-corrected chi connectivity index (χ4v) is 2.91. The lowest BCUT2D eigenvalue weighted by atomic mass is 9.99. The second-order valence-electron chi connectivity index (χ2n) is 5.51. The first-order valence-electron chi connectivity index (χ1n) is 7.72.